The van der Waals surface area contributed by atoms with Crippen LogP contribution < -0.4 is 0 Å². The third-order valence-corrected chi connectivity index (χ3v) is 2.96. The van der Waals surface area contributed by atoms with Crippen LogP contribution in [-0.2, 0) is 4.57 Å². The van der Waals surface area contributed by atoms with Gasteiger partial charge >= 0.3 is 7.76 Å². The normalized spacial score (nSPS) is 13.3. The molecular weight excluding hydrogens is 214 g/mol. The van der Waals surface area contributed by atoms with Crippen molar-refractivity contribution in [3.63, 3.8) is 0 Å². The van der Waals surface area contributed by atoms with Crippen LogP contribution in [0, 0.1) is 0 Å². The molecule has 0 unspecified atom stereocenters. The van der Waals surface area contributed by atoms with Gasteiger partial charge < -0.3 is 0 Å². The fraction of sp³-hybridized carbons (Fsp3) is 0.800. The van der Waals surface area contributed by atoms with Gasteiger partial charge in [0.05, 0.1) is 6.16 Å². The molecule has 0 aromatic rings. The quantitative estimate of drug-likeness (QED) is 0.390. The predicted molar refractivity (Wildman–Crippen MR) is 45.0 cm³/mol. The number of halogens is 4. The van der Waals surface area contributed by atoms with Crippen LogP contribution >= 0.6 is 15.3 Å². The molecule has 0 amide bonds. The minimum atomic E-state index is -5.00. The van der Waals surface area contributed by atoms with Crippen molar-refractivity contribution in [2.24, 2.45) is 0 Å². The Morgan fingerprint density at radius 1 is 1.00 bits per heavy atom. The smallest absolute Gasteiger partial charge is 0.250 e. The highest BCUT2D eigenvalue weighted by Gasteiger charge is 2.18. The Hall–Kier alpha value is 0.250. The molecule has 0 saturated carbocycles. The molecule has 12 heavy (non-hydrogen) atoms. The summed E-state index contributed by atoms with van der Waals surface area (Å²) < 4.78 is 57.4. The molecule has 0 fully saturated rings. The lowest BCUT2D eigenvalue weighted by molar-refractivity contribution is 0.491. The third kappa shape index (κ3) is 10.2. The van der Waals surface area contributed by atoms with E-state index in [1.807, 2.05) is 0 Å². The summed E-state index contributed by atoms with van der Waals surface area (Å²) in [6.07, 6.45) is 1.30. The van der Waals surface area contributed by atoms with Gasteiger partial charge in [-0.05, 0) is 19.1 Å². The van der Waals surface area contributed by atoms with Crippen molar-refractivity contribution < 1.29 is 21.4 Å². The van der Waals surface area contributed by atoms with Gasteiger partial charge in [-0.25, -0.2) is 0 Å². The fourth-order valence-electron chi connectivity index (χ4n) is 0.639. The zero-order valence-electron chi connectivity index (χ0n) is 6.35. The maximum atomic E-state index is 12.1. The second-order valence-electron chi connectivity index (χ2n) is 2.49. The summed E-state index contributed by atoms with van der Waals surface area (Å²) in [5, 5.41) is 0. The Bertz CT molecular complexity index is 193. The molecular formula is C5H10F4OP2. The predicted octanol–water partition coefficient (Wildman–Crippen LogP) is 4.12. The average Bonchev–Trinajstić information content (AvgIpc) is 1.76. The molecule has 0 rings (SSSR count). The average molecular weight is 224 g/mol. The van der Waals surface area contributed by atoms with E-state index in [2.05, 4.69) is 6.30 Å². The first-order valence-corrected chi connectivity index (χ1v) is 6.92. The van der Waals surface area contributed by atoms with Crippen molar-refractivity contribution in [3.05, 3.63) is 0 Å². The highest BCUT2D eigenvalue weighted by atomic mass is 31.2. The molecule has 0 spiro atoms. The molecule has 0 aliphatic carbocycles. The van der Waals surface area contributed by atoms with Crippen LogP contribution in [-0.4, -0.2) is 18.6 Å². The standard InChI is InChI=1S/C5H10F4OP2/c1-11(6,7)4-2-3-5-12(8,9)10/h1-5H2. The lowest BCUT2D eigenvalue weighted by atomic mass is 10.4. The molecule has 0 saturated heterocycles. The summed E-state index contributed by atoms with van der Waals surface area (Å²) in [6.45, 7) is 0. The second kappa shape index (κ2) is 4.48. The lowest BCUT2D eigenvalue weighted by Crippen LogP contribution is -1.85. The van der Waals surface area contributed by atoms with Gasteiger partial charge in [0.25, 0.3) is 0 Å². The fourth-order valence-corrected chi connectivity index (χ4v) is 1.92. The van der Waals surface area contributed by atoms with E-state index < -0.39 is 27.6 Å². The molecule has 0 aliphatic heterocycles. The van der Waals surface area contributed by atoms with Crippen molar-refractivity contribution >= 4 is 21.6 Å². The van der Waals surface area contributed by atoms with Gasteiger partial charge in [-0.3, -0.25) is 4.57 Å². The zero-order valence-corrected chi connectivity index (χ0v) is 8.14. The number of hydrogen-bond acceptors (Lipinski definition) is 1. The third-order valence-electron chi connectivity index (χ3n) is 1.15. The van der Waals surface area contributed by atoms with E-state index in [1.165, 1.54) is 0 Å². The van der Waals surface area contributed by atoms with Crippen molar-refractivity contribution in [2.45, 2.75) is 12.8 Å². The molecule has 7 heteroatoms. The Kier molecular flexibility index (Phi) is 4.57. The molecule has 0 aromatic carbocycles. The monoisotopic (exact) mass is 224 g/mol. The number of hydrogen-bond donors (Lipinski definition) is 0. The molecule has 1 nitrogen and oxygen atoms in total. The molecule has 0 bridgehead atoms. The van der Waals surface area contributed by atoms with Gasteiger partial charge in [0.2, 0.25) is 7.51 Å². The first-order valence-electron chi connectivity index (χ1n) is 3.31. The summed E-state index contributed by atoms with van der Waals surface area (Å²) in [6, 6.07) is 0. The highest BCUT2D eigenvalue weighted by Crippen LogP contribution is 2.52. The van der Waals surface area contributed by atoms with Gasteiger partial charge in [-0.1, -0.05) is 0 Å². The Morgan fingerprint density at radius 3 is 1.75 bits per heavy atom. The summed E-state index contributed by atoms with van der Waals surface area (Å²) in [5.41, 5.74) is 0. The Labute approximate surface area is 69.0 Å². The van der Waals surface area contributed by atoms with E-state index in [4.69, 9.17) is 0 Å². The largest absolute Gasteiger partial charge is 0.402 e. The van der Waals surface area contributed by atoms with Crippen LogP contribution in [0.15, 0.2) is 0 Å². The topological polar surface area (TPSA) is 17.1 Å². The number of unbranched alkanes of at least 4 members (excludes halogenated alkanes) is 1. The zero-order chi connectivity index (χ0) is 9.83. The lowest BCUT2D eigenvalue weighted by Gasteiger charge is -2.02. The maximum Gasteiger partial charge on any atom is 0.402 e. The summed E-state index contributed by atoms with van der Waals surface area (Å²) in [4.78, 5) is 0. The van der Waals surface area contributed by atoms with Crippen LogP contribution in [0.2, 0.25) is 0 Å². The van der Waals surface area contributed by atoms with E-state index in [0.29, 0.717) is 0 Å². The van der Waals surface area contributed by atoms with E-state index in [1.54, 1.807) is 0 Å². The summed E-state index contributed by atoms with van der Waals surface area (Å²) in [5.74, 6) is 0. The van der Waals surface area contributed by atoms with E-state index in [0.717, 1.165) is 0 Å². The van der Waals surface area contributed by atoms with Crippen LogP contribution in [0.3, 0.4) is 0 Å². The van der Waals surface area contributed by atoms with Crippen LogP contribution in [0.5, 0.6) is 0 Å². The minimum absolute atomic E-state index is 0.0257. The number of rotatable bonds is 5. The molecule has 0 atom stereocenters. The first-order chi connectivity index (χ1) is 5.21. The molecule has 74 valence electrons. The summed E-state index contributed by atoms with van der Waals surface area (Å²) >= 11 is 0. The van der Waals surface area contributed by atoms with Gasteiger partial charge in [0.15, 0.2) is 0 Å². The van der Waals surface area contributed by atoms with Gasteiger partial charge in [-0.15, -0.1) is 0 Å². The maximum absolute atomic E-state index is 12.1. The Balaban J connectivity index is 3.48. The van der Waals surface area contributed by atoms with E-state index >= 15 is 0 Å². The Morgan fingerprint density at radius 2 is 1.42 bits per heavy atom. The van der Waals surface area contributed by atoms with E-state index in [-0.39, 0.29) is 12.8 Å². The van der Waals surface area contributed by atoms with Crippen LogP contribution in [0.4, 0.5) is 16.8 Å². The minimum Gasteiger partial charge on any atom is -0.250 e. The van der Waals surface area contributed by atoms with Crippen LogP contribution in [0.25, 0.3) is 0 Å². The van der Waals surface area contributed by atoms with Gasteiger partial charge in [0, 0.05) is 6.16 Å². The SMILES string of the molecule is C=P(F)(F)CCCCP(=O)(F)F. The van der Waals surface area contributed by atoms with Crippen LogP contribution in [0.1, 0.15) is 12.8 Å². The van der Waals surface area contributed by atoms with E-state index in [9.17, 15) is 21.4 Å². The van der Waals surface area contributed by atoms with Gasteiger partial charge in [-0.2, -0.15) is 16.8 Å². The van der Waals surface area contributed by atoms with Crippen molar-refractivity contribution in [1.82, 2.24) is 0 Å². The summed E-state index contributed by atoms with van der Waals surface area (Å²) in [7, 11) is -9.08. The molecule has 0 N–H and O–H groups in total. The van der Waals surface area contributed by atoms with Gasteiger partial charge in [0.1, 0.15) is 0 Å². The second-order valence-corrected chi connectivity index (χ2v) is 6.06. The van der Waals surface area contributed by atoms with Crippen molar-refractivity contribution in [2.75, 3.05) is 12.3 Å². The molecule has 0 aliphatic rings. The van der Waals surface area contributed by atoms with Crippen molar-refractivity contribution in [3.8, 4) is 0 Å². The molecule has 0 aromatic heterocycles. The highest BCUT2D eigenvalue weighted by molar-refractivity contribution is 7.63. The molecule has 0 radical (unpaired) electrons. The van der Waals surface area contributed by atoms with Crippen molar-refractivity contribution in [1.29, 1.82) is 0 Å². The first kappa shape index (κ1) is 12.2. The molecule has 0 heterocycles.